The van der Waals surface area contributed by atoms with Gasteiger partial charge in [-0.05, 0) is 67.8 Å². The fourth-order valence-corrected chi connectivity index (χ4v) is 4.42. The number of rotatable bonds is 9. The highest BCUT2D eigenvalue weighted by molar-refractivity contribution is 6.16. The number of hydrogen-bond donors (Lipinski definition) is 1. The number of Topliss-reactive ketones (excluding diaryl/α,β-unsaturated/α-hetero) is 1. The van der Waals surface area contributed by atoms with E-state index in [0.29, 0.717) is 17.9 Å². The van der Waals surface area contributed by atoms with Crippen LogP contribution in [0.1, 0.15) is 37.4 Å². The largest absolute Gasteiger partial charge is 0.503 e. The number of nitrogens with zero attached hydrogens (tertiary/aromatic N) is 2. The summed E-state index contributed by atoms with van der Waals surface area (Å²) in [6, 6.07) is 23.8. The van der Waals surface area contributed by atoms with Gasteiger partial charge in [-0.3, -0.25) is 14.5 Å². The van der Waals surface area contributed by atoms with E-state index in [1.165, 1.54) is 4.90 Å². The molecule has 1 heterocycles. The van der Waals surface area contributed by atoms with Gasteiger partial charge in [0.25, 0.3) is 5.91 Å². The Kier molecular flexibility index (Phi) is 7.44. The van der Waals surface area contributed by atoms with E-state index in [4.69, 9.17) is 4.74 Å². The van der Waals surface area contributed by atoms with E-state index in [0.717, 1.165) is 16.8 Å². The molecule has 1 unspecified atom stereocenters. The molecule has 3 aromatic carbocycles. The first kappa shape index (κ1) is 25.0. The molecule has 0 saturated carbocycles. The van der Waals surface area contributed by atoms with Crippen LogP contribution in [-0.4, -0.2) is 37.0 Å². The molecule has 0 radical (unpaired) electrons. The number of carbonyl (C=O) groups is 2. The van der Waals surface area contributed by atoms with Crippen LogP contribution in [-0.2, 0) is 16.0 Å². The lowest BCUT2D eigenvalue weighted by atomic mass is 9.93. The quantitative estimate of drug-likeness (QED) is 0.426. The predicted octanol–water partition coefficient (Wildman–Crippen LogP) is 5.64. The Hall–Kier alpha value is -4.06. The number of anilines is 2. The zero-order valence-electron chi connectivity index (χ0n) is 21.1. The molecule has 0 fully saturated rings. The van der Waals surface area contributed by atoms with Gasteiger partial charge in [-0.15, -0.1) is 0 Å². The molecule has 0 aliphatic carbocycles. The van der Waals surface area contributed by atoms with E-state index in [1.807, 2.05) is 112 Å². The number of aryl methyl sites for hydroxylation is 1. The SMILES string of the molecule is CC(C)Oc1ccc(C2C(C(=O)CCc3ccccc3)=C(O)C(=O)N2c2ccc(N(C)C)cc2)cc1. The summed E-state index contributed by atoms with van der Waals surface area (Å²) >= 11 is 0. The van der Waals surface area contributed by atoms with Crippen molar-refractivity contribution in [3.05, 3.63) is 101 Å². The van der Waals surface area contributed by atoms with Crippen molar-refractivity contribution in [2.45, 2.75) is 38.8 Å². The zero-order valence-corrected chi connectivity index (χ0v) is 21.1. The molecule has 0 saturated heterocycles. The second-order valence-electron chi connectivity index (χ2n) is 9.40. The second kappa shape index (κ2) is 10.7. The molecule has 0 aromatic heterocycles. The minimum absolute atomic E-state index is 0.0229. The van der Waals surface area contributed by atoms with E-state index in [2.05, 4.69) is 0 Å². The van der Waals surface area contributed by atoms with E-state index in [-0.39, 0.29) is 23.9 Å². The number of amides is 1. The summed E-state index contributed by atoms with van der Waals surface area (Å²) in [4.78, 5) is 30.3. The molecular weight excluding hydrogens is 452 g/mol. The Bertz CT molecular complexity index is 1250. The highest BCUT2D eigenvalue weighted by Gasteiger charge is 2.44. The number of ether oxygens (including phenoxy) is 1. The molecule has 4 rings (SSSR count). The summed E-state index contributed by atoms with van der Waals surface area (Å²) < 4.78 is 5.77. The van der Waals surface area contributed by atoms with Gasteiger partial charge in [0, 0.05) is 31.9 Å². The number of aliphatic hydroxyl groups excluding tert-OH is 1. The topological polar surface area (TPSA) is 70.1 Å². The fourth-order valence-electron chi connectivity index (χ4n) is 4.42. The van der Waals surface area contributed by atoms with Crippen LogP contribution in [0, 0.1) is 0 Å². The molecule has 6 nitrogen and oxygen atoms in total. The number of hydrogen-bond acceptors (Lipinski definition) is 5. The Labute approximate surface area is 212 Å². The maximum Gasteiger partial charge on any atom is 0.294 e. The molecular formula is C30H32N2O4. The monoisotopic (exact) mass is 484 g/mol. The lowest BCUT2D eigenvalue weighted by Gasteiger charge is -2.27. The van der Waals surface area contributed by atoms with Crippen molar-refractivity contribution in [1.29, 1.82) is 0 Å². The molecule has 1 atom stereocenters. The standard InChI is InChI=1S/C30H32N2O4/c1-20(2)36-25-17-11-22(12-18-25)28-27(26(33)19-10-21-8-6-5-7-9-21)29(34)30(35)32(28)24-15-13-23(14-16-24)31(3)4/h5-9,11-18,20,28,34H,10,19H2,1-4H3. The molecule has 36 heavy (non-hydrogen) atoms. The average molecular weight is 485 g/mol. The Morgan fingerprint density at radius 1 is 0.972 bits per heavy atom. The van der Waals surface area contributed by atoms with Crippen molar-refractivity contribution >= 4 is 23.1 Å². The minimum atomic E-state index is -0.737. The van der Waals surface area contributed by atoms with Crippen molar-refractivity contribution in [1.82, 2.24) is 0 Å². The highest BCUT2D eigenvalue weighted by atomic mass is 16.5. The summed E-state index contributed by atoms with van der Waals surface area (Å²) in [6.45, 7) is 3.90. The lowest BCUT2D eigenvalue weighted by Crippen LogP contribution is -2.31. The summed E-state index contributed by atoms with van der Waals surface area (Å²) in [5.74, 6) is -0.616. The molecule has 1 N–H and O–H groups in total. The van der Waals surface area contributed by atoms with Gasteiger partial charge in [-0.25, -0.2) is 0 Å². The maximum absolute atomic E-state index is 13.5. The first-order valence-corrected chi connectivity index (χ1v) is 12.1. The van der Waals surface area contributed by atoms with Crippen LogP contribution in [0.5, 0.6) is 5.75 Å². The zero-order chi connectivity index (χ0) is 25.8. The Morgan fingerprint density at radius 2 is 1.61 bits per heavy atom. The van der Waals surface area contributed by atoms with Crippen molar-refractivity contribution in [2.75, 3.05) is 23.9 Å². The molecule has 3 aromatic rings. The molecule has 186 valence electrons. The molecule has 1 aliphatic rings. The van der Waals surface area contributed by atoms with Crippen molar-refractivity contribution in [3.63, 3.8) is 0 Å². The first-order valence-electron chi connectivity index (χ1n) is 12.1. The molecule has 6 heteroatoms. The van der Waals surface area contributed by atoms with Gasteiger partial charge in [0.15, 0.2) is 11.5 Å². The number of aliphatic hydroxyl groups is 1. The lowest BCUT2D eigenvalue weighted by molar-refractivity contribution is -0.118. The second-order valence-corrected chi connectivity index (χ2v) is 9.40. The van der Waals surface area contributed by atoms with E-state index >= 15 is 0 Å². The van der Waals surface area contributed by atoms with Crippen LogP contribution in [0.15, 0.2) is 90.2 Å². The van der Waals surface area contributed by atoms with Crippen molar-refractivity contribution in [2.24, 2.45) is 0 Å². The van der Waals surface area contributed by atoms with Crippen LogP contribution < -0.4 is 14.5 Å². The van der Waals surface area contributed by atoms with Crippen LogP contribution >= 0.6 is 0 Å². The smallest absolute Gasteiger partial charge is 0.294 e. The predicted molar refractivity (Wildman–Crippen MR) is 143 cm³/mol. The third-order valence-electron chi connectivity index (χ3n) is 6.20. The van der Waals surface area contributed by atoms with Crippen LogP contribution in [0.2, 0.25) is 0 Å². The molecule has 1 aliphatic heterocycles. The van der Waals surface area contributed by atoms with Crippen molar-refractivity contribution in [3.8, 4) is 5.75 Å². The summed E-state index contributed by atoms with van der Waals surface area (Å²) in [5, 5.41) is 10.9. The average Bonchev–Trinajstić information content (AvgIpc) is 3.13. The van der Waals surface area contributed by atoms with Crippen LogP contribution in [0.4, 0.5) is 11.4 Å². The molecule has 0 spiro atoms. The Balaban J connectivity index is 1.71. The van der Waals surface area contributed by atoms with Gasteiger partial charge in [0.2, 0.25) is 0 Å². The summed E-state index contributed by atoms with van der Waals surface area (Å²) in [7, 11) is 3.88. The number of benzene rings is 3. The normalized spacial score (nSPS) is 15.5. The van der Waals surface area contributed by atoms with Crippen LogP contribution in [0.25, 0.3) is 0 Å². The number of ketones is 1. The van der Waals surface area contributed by atoms with Gasteiger partial charge < -0.3 is 14.7 Å². The van der Waals surface area contributed by atoms with Gasteiger partial charge in [-0.1, -0.05) is 42.5 Å². The van der Waals surface area contributed by atoms with Gasteiger partial charge in [0.05, 0.1) is 17.7 Å². The third-order valence-corrected chi connectivity index (χ3v) is 6.20. The van der Waals surface area contributed by atoms with Crippen LogP contribution in [0.3, 0.4) is 0 Å². The summed E-state index contributed by atoms with van der Waals surface area (Å²) in [6.07, 6.45) is 0.736. The fraction of sp³-hybridized carbons (Fsp3) is 0.267. The van der Waals surface area contributed by atoms with Gasteiger partial charge in [-0.2, -0.15) is 0 Å². The van der Waals surface area contributed by atoms with Gasteiger partial charge in [0.1, 0.15) is 5.75 Å². The van der Waals surface area contributed by atoms with Gasteiger partial charge >= 0.3 is 0 Å². The number of carbonyl (C=O) groups excluding carboxylic acids is 2. The highest BCUT2D eigenvalue weighted by Crippen LogP contribution is 2.42. The van der Waals surface area contributed by atoms with E-state index < -0.39 is 17.7 Å². The molecule has 1 amide bonds. The maximum atomic E-state index is 13.5. The van der Waals surface area contributed by atoms with Crippen molar-refractivity contribution < 1.29 is 19.4 Å². The first-order chi connectivity index (χ1) is 17.3. The minimum Gasteiger partial charge on any atom is -0.503 e. The third kappa shape index (κ3) is 5.28. The van der Waals surface area contributed by atoms with E-state index in [1.54, 1.807) is 0 Å². The summed E-state index contributed by atoms with van der Waals surface area (Å²) in [5.41, 5.74) is 3.47. The Morgan fingerprint density at radius 3 is 2.19 bits per heavy atom. The molecule has 0 bridgehead atoms. The van der Waals surface area contributed by atoms with E-state index in [9.17, 15) is 14.7 Å².